The summed E-state index contributed by atoms with van der Waals surface area (Å²) in [5.74, 6) is 0. The highest BCUT2D eigenvalue weighted by Gasteiger charge is 2.20. The molecule has 0 bridgehead atoms. The van der Waals surface area contributed by atoms with Crippen LogP contribution in [0.3, 0.4) is 0 Å². The zero-order valence-electron chi connectivity index (χ0n) is 11.9. The van der Waals surface area contributed by atoms with E-state index in [0.717, 1.165) is 18.4 Å². The second-order valence-electron chi connectivity index (χ2n) is 5.62. The minimum absolute atomic E-state index is 0.344. The van der Waals surface area contributed by atoms with Crippen LogP contribution in [0.25, 0.3) is 0 Å². The van der Waals surface area contributed by atoms with Gasteiger partial charge in [0, 0.05) is 17.6 Å². The Labute approximate surface area is 130 Å². The number of fused-ring (bicyclic) bond motifs is 1. The second-order valence-corrected chi connectivity index (χ2v) is 6.06. The first-order chi connectivity index (χ1) is 10.2. The molecule has 0 fully saturated rings. The van der Waals surface area contributed by atoms with Crippen molar-refractivity contribution in [1.29, 1.82) is 0 Å². The lowest BCUT2D eigenvalue weighted by atomic mass is 9.87. The van der Waals surface area contributed by atoms with Crippen molar-refractivity contribution in [2.45, 2.75) is 31.4 Å². The van der Waals surface area contributed by atoms with E-state index in [1.54, 1.807) is 0 Å². The van der Waals surface area contributed by atoms with Crippen molar-refractivity contribution in [2.24, 2.45) is 0 Å². The lowest BCUT2D eigenvalue weighted by molar-refractivity contribution is 0.168. The van der Waals surface area contributed by atoms with Crippen molar-refractivity contribution in [3.05, 3.63) is 70.2 Å². The molecule has 0 aliphatic heterocycles. The van der Waals surface area contributed by atoms with Crippen LogP contribution >= 0.6 is 11.6 Å². The van der Waals surface area contributed by atoms with E-state index in [-0.39, 0.29) is 0 Å². The van der Waals surface area contributed by atoms with Crippen LogP contribution in [0.1, 0.15) is 41.7 Å². The zero-order chi connectivity index (χ0) is 14.7. The number of aliphatic hydroxyl groups excluding tert-OH is 1. The molecular weight excluding hydrogens is 282 g/mol. The molecule has 0 aromatic heterocycles. The molecule has 21 heavy (non-hydrogen) atoms. The molecule has 0 heterocycles. The van der Waals surface area contributed by atoms with Gasteiger partial charge in [-0.3, -0.25) is 0 Å². The number of rotatable bonds is 4. The van der Waals surface area contributed by atoms with E-state index in [0.29, 0.717) is 17.6 Å². The Morgan fingerprint density at radius 1 is 1.14 bits per heavy atom. The molecular formula is C18H20ClNO. The van der Waals surface area contributed by atoms with Gasteiger partial charge in [-0.25, -0.2) is 0 Å². The molecule has 110 valence electrons. The summed E-state index contributed by atoms with van der Waals surface area (Å²) in [6.07, 6.45) is 2.99. The van der Waals surface area contributed by atoms with Gasteiger partial charge in [-0.2, -0.15) is 0 Å². The Morgan fingerprint density at radius 3 is 2.71 bits per heavy atom. The normalized spacial score (nSPS) is 19.0. The summed E-state index contributed by atoms with van der Waals surface area (Å²) in [5, 5.41) is 14.5. The lowest BCUT2D eigenvalue weighted by Gasteiger charge is -2.27. The van der Waals surface area contributed by atoms with E-state index < -0.39 is 6.10 Å². The van der Waals surface area contributed by atoms with Crippen molar-refractivity contribution in [2.75, 3.05) is 6.54 Å². The van der Waals surface area contributed by atoms with Gasteiger partial charge >= 0.3 is 0 Å². The average Bonchev–Trinajstić information content (AvgIpc) is 2.53. The Hall–Kier alpha value is -1.35. The maximum absolute atomic E-state index is 10.3. The predicted molar refractivity (Wildman–Crippen MR) is 86.5 cm³/mol. The van der Waals surface area contributed by atoms with Crippen molar-refractivity contribution in [3.63, 3.8) is 0 Å². The molecule has 2 atom stereocenters. The minimum Gasteiger partial charge on any atom is -0.387 e. The summed E-state index contributed by atoms with van der Waals surface area (Å²) >= 11 is 5.87. The third-order valence-electron chi connectivity index (χ3n) is 4.18. The molecule has 3 rings (SSSR count). The maximum atomic E-state index is 10.3. The van der Waals surface area contributed by atoms with Gasteiger partial charge in [0.1, 0.15) is 0 Å². The SMILES string of the molecule is OC(CNC1CCCc2ccccc21)c1ccc(Cl)cc1. The molecule has 2 aromatic rings. The van der Waals surface area contributed by atoms with Crippen LogP contribution in [-0.4, -0.2) is 11.7 Å². The van der Waals surface area contributed by atoms with Crippen LogP contribution < -0.4 is 5.32 Å². The summed E-state index contributed by atoms with van der Waals surface area (Å²) < 4.78 is 0. The standard InChI is InChI=1S/C18H20ClNO/c19-15-10-8-14(9-11-15)18(21)12-20-17-7-3-5-13-4-1-2-6-16(13)17/h1-2,4,6,8-11,17-18,20-21H,3,5,7,12H2. The van der Waals surface area contributed by atoms with Gasteiger partial charge in [-0.1, -0.05) is 48.0 Å². The number of aliphatic hydroxyl groups is 1. The topological polar surface area (TPSA) is 32.3 Å². The van der Waals surface area contributed by atoms with Crippen LogP contribution in [-0.2, 0) is 6.42 Å². The first-order valence-electron chi connectivity index (χ1n) is 7.49. The molecule has 0 radical (unpaired) electrons. The molecule has 2 aromatic carbocycles. The summed E-state index contributed by atoms with van der Waals surface area (Å²) in [5.41, 5.74) is 3.71. The summed E-state index contributed by atoms with van der Waals surface area (Å²) in [6.45, 7) is 0.556. The number of halogens is 1. The van der Waals surface area contributed by atoms with Gasteiger partial charge in [0.15, 0.2) is 0 Å². The highest BCUT2D eigenvalue weighted by molar-refractivity contribution is 6.30. The van der Waals surface area contributed by atoms with Gasteiger partial charge in [-0.15, -0.1) is 0 Å². The smallest absolute Gasteiger partial charge is 0.0914 e. The lowest BCUT2D eigenvalue weighted by Crippen LogP contribution is -2.29. The van der Waals surface area contributed by atoms with E-state index in [1.807, 2.05) is 24.3 Å². The molecule has 0 saturated carbocycles. The number of benzene rings is 2. The Bertz CT molecular complexity index is 596. The van der Waals surface area contributed by atoms with Gasteiger partial charge in [0.05, 0.1) is 6.10 Å². The van der Waals surface area contributed by atoms with Gasteiger partial charge in [0.2, 0.25) is 0 Å². The average molecular weight is 302 g/mol. The molecule has 2 N–H and O–H groups in total. The zero-order valence-corrected chi connectivity index (χ0v) is 12.7. The van der Waals surface area contributed by atoms with E-state index in [1.165, 1.54) is 17.5 Å². The highest BCUT2D eigenvalue weighted by atomic mass is 35.5. The van der Waals surface area contributed by atoms with Crippen molar-refractivity contribution in [1.82, 2.24) is 5.32 Å². The molecule has 0 saturated heterocycles. The van der Waals surface area contributed by atoms with Gasteiger partial charge in [-0.05, 0) is 48.1 Å². The third-order valence-corrected chi connectivity index (χ3v) is 4.43. The second kappa shape index (κ2) is 6.61. The first-order valence-corrected chi connectivity index (χ1v) is 7.86. The molecule has 0 spiro atoms. The van der Waals surface area contributed by atoms with E-state index in [4.69, 9.17) is 11.6 Å². The van der Waals surface area contributed by atoms with E-state index in [2.05, 4.69) is 29.6 Å². The molecule has 1 aliphatic rings. The van der Waals surface area contributed by atoms with E-state index >= 15 is 0 Å². The highest BCUT2D eigenvalue weighted by Crippen LogP contribution is 2.29. The van der Waals surface area contributed by atoms with Gasteiger partial charge < -0.3 is 10.4 Å². The Kier molecular flexibility index (Phi) is 4.59. The van der Waals surface area contributed by atoms with Gasteiger partial charge in [0.25, 0.3) is 0 Å². The summed E-state index contributed by atoms with van der Waals surface area (Å²) in [6, 6.07) is 16.3. The van der Waals surface area contributed by atoms with Crippen molar-refractivity contribution in [3.8, 4) is 0 Å². The summed E-state index contributed by atoms with van der Waals surface area (Å²) in [4.78, 5) is 0. The fourth-order valence-electron chi connectivity index (χ4n) is 3.02. The number of aryl methyl sites for hydroxylation is 1. The fourth-order valence-corrected chi connectivity index (χ4v) is 3.15. The quantitative estimate of drug-likeness (QED) is 0.893. The van der Waals surface area contributed by atoms with Crippen molar-refractivity contribution >= 4 is 11.6 Å². The number of hydrogen-bond acceptors (Lipinski definition) is 2. The Balaban J connectivity index is 1.64. The van der Waals surface area contributed by atoms with Crippen LogP contribution in [0.15, 0.2) is 48.5 Å². The number of nitrogens with one attached hydrogen (secondary N) is 1. The first kappa shape index (κ1) is 14.6. The molecule has 2 nitrogen and oxygen atoms in total. The largest absolute Gasteiger partial charge is 0.387 e. The number of hydrogen-bond donors (Lipinski definition) is 2. The van der Waals surface area contributed by atoms with Crippen LogP contribution in [0.2, 0.25) is 5.02 Å². The summed E-state index contributed by atoms with van der Waals surface area (Å²) in [7, 11) is 0. The van der Waals surface area contributed by atoms with Crippen LogP contribution in [0.4, 0.5) is 0 Å². The molecule has 0 amide bonds. The molecule has 3 heteroatoms. The van der Waals surface area contributed by atoms with E-state index in [9.17, 15) is 5.11 Å². The fraction of sp³-hybridized carbons (Fsp3) is 0.333. The predicted octanol–water partition coefficient (Wildman–Crippen LogP) is 4.04. The van der Waals surface area contributed by atoms with Crippen LogP contribution in [0.5, 0.6) is 0 Å². The van der Waals surface area contributed by atoms with Crippen LogP contribution in [0, 0.1) is 0 Å². The Morgan fingerprint density at radius 2 is 1.90 bits per heavy atom. The maximum Gasteiger partial charge on any atom is 0.0914 e. The molecule has 2 unspecified atom stereocenters. The minimum atomic E-state index is -0.503. The van der Waals surface area contributed by atoms with Crippen molar-refractivity contribution < 1.29 is 5.11 Å². The monoisotopic (exact) mass is 301 g/mol. The third kappa shape index (κ3) is 3.46. The molecule has 1 aliphatic carbocycles.